The predicted octanol–water partition coefficient (Wildman–Crippen LogP) is 1.63. The zero-order chi connectivity index (χ0) is 13.5. The van der Waals surface area contributed by atoms with Crippen molar-refractivity contribution in [2.75, 3.05) is 28.0 Å². The standard InChI is InChI=1S/C13H17NO4/c1-14(2)7-6-12(15)11-5-4-10(8-13(11)16)18-9-17-3/h4-8,16H,9H2,1-3H3. The summed E-state index contributed by atoms with van der Waals surface area (Å²) in [4.78, 5) is 13.5. The molecule has 0 spiro atoms. The van der Waals surface area contributed by atoms with E-state index in [2.05, 4.69) is 0 Å². The molecule has 0 unspecified atom stereocenters. The maximum atomic E-state index is 11.8. The molecule has 0 aliphatic rings. The second-order valence-electron chi connectivity index (χ2n) is 3.87. The van der Waals surface area contributed by atoms with Crippen LogP contribution >= 0.6 is 0 Å². The van der Waals surface area contributed by atoms with Gasteiger partial charge in [0.1, 0.15) is 11.5 Å². The van der Waals surface area contributed by atoms with Crippen molar-refractivity contribution in [3.8, 4) is 11.5 Å². The molecule has 0 heterocycles. The van der Waals surface area contributed by atoms with Gasteiger partial charge in [0.2, 0.25) is 0 Å². The fourth-order valence-corrected chi connectivity index (χ4v) is 1.24. The second-order valence-corrected chi connectivity index (χ2v) is 3.87. The Labute approximate surface area is 106 Å². The summed E-state index contributed by atoms with van der Waals surface area (Å²) in [5.74, 6) is 0.0685. The van der Waals surface area contributed by atoms with Crippen molar-refractivity contribution in [3.63, 3.8) is 0 Å². The Morgan fingerprint density at radius 2 is 2.17 bits per heavy atom. The molecule has 0 saturated carbocycles. The van der Waals surface area contributed by atoms with Gasteiger partial charge in [0, 0.05) is 39.5 Å². The monoisotopic (exact) mass is 251 g/mol. The molecule has 1 rings (SSSR count). The summed E-state index contributed by atoms with van der Waals surface area (Å²) in [7, 11) is 5.13. The number of carbonyl (C=O) groups excluding carboxylic acids is 1. The highest BCUT2D eigenvalue weighted by molar-refractivity contribution is 6.06. The van der Waals surface area contributed by atoms with E-state index in [0.717, 1.165) is 0 Å². The Bertz CT molecular complexity index is 441. The first-order chi connectivity index (χ1) is 8.54. The molecule has 98 valence electrons. The Kier molecular flexibility index (Phi) is 5.20. The van der Waals surface area contributed by atoms with Gasteiger partial charge in [-0.2, -0.15) is 0 Å². The van der Waals surface area contributed by atoms with E-state index in [1.54, 1.807) is 17.2 Å². The van der Waals surface area contributed by atoms with Crippen LogP contribution in [0.15, 0.2) is 30.5 Å². The topological polar surface area (TPSA) is 59.0 Å². The van der Waals surface area contributed by atoms with Crippen LogP contribution < -0.4 is 4.74 Å². The smallest absolute Gasteiger partial charge is 0.190 e. The number of carbonyl (C=O) groups is 1. The molecule has 1 aromatic rings. The lowest BCUT2D eigenvalue weighted by atomic mass is 10.1. The minimum Gasteiger partial charge on any atom is -0.507 e. The number of allylic oxidation sites excluding steroid dienone is 1. The van der Waals surface area contributed by atoms with Crippen molar-refractivity contribution in [2.24, 2.45) is 0 Å². The zero-order valence-corrected chi connectivity index (χ0v) is 10.7. The third-order valence-corrected chi connectivity index (χ3v) is 2.10. The normalized spacial score (nSPS) is 10.6. The van der Waals surface area contributed by atoms with Crippen molar-refractivity contribution in [1.29, 1.82) is 0 Å². The van der Waals surface area contributed by atoms with E-state index >= 15 is 0 Å². The number of ether oxygens (including phenoxy) is 2. The molecule has 5 nitrogen and oxygen atoms in total. The fourth-order valence-electron chi connectivity index (χ4n) is 1.24. The number of phenolic OH excluding ortho intramolecular Hbond substituents is 1. The van der Waals surface area contributed by atoms with Gasteiger partial charge in [0.05, 0.1) is 5.56 Å². The summed E-state index contributed by atoms with van der Waals surface area (Å²) >= 11 is 0. The number of hydrogen-bond acceptors (Lipinski definition) is 5. The molecule has 0 fully saturated rings. The van der Waals surface area contributed by atoms with Crippen LogP contribution in [0.1, 0.15) is 10.4 Å². The third-order valence-electron chi connectivity index (χ3n) is 2.10. The van der Waals surface area contributed by atoms with E-state index in [0.29, 0.717) is 5.75 Å². The van der Waals surface area contributed by atoms with Gasteiger partial charge in [0.15, 0.2) is 12.6 Å². The third kappa shape index (κ3) is 4.10. The molecule has 0 aliphatic heterocycles. The maximum absolute atomic E-state index is 11.8. The van der Waals surface area contributed by atoms with E-state index in [4.69, 9.17) is 9.47 Å². The van der Waals surface area contributed by atoms with Gasteiger partial charge >= 0.3 is 0 Å². The summed E-state index contributed by atoms with van der Waals surface area (Å²) in [5.41, 5.74) is 0.234. The number of rotatable bonds is 6. The first-order valence-electron chi connectivity index (χ1n) is 5.38. The van der Waals surface area contributed by atoms with Crippen LogP contribution in [0, 0.1) is 0 Å². The summed E-state index contributed by atoms with van der Waals surface area (Å²) in [5, 5.41) is 9.74. The van der Waals surface area contributed by atoms with Crippen LogP contribution in [0.2, 0.25) is 0 Å². The van der Waals surface area contributed by atoms with Crippen LogP contribution in [-0.4, -0.2) is 43.8 Å². The molecule has 0 radical (unpaired) electrons. The highest BCUT2D eigenvalue weighted by Crippen LogP contribution is 2.24. The van der Waals surface area contributed by atoms with Crippen molar-refractivity contribution in [3.05, 3.63) is 36.0 Å². The van der Waals surface area contributed by atoms with Gasteiger partial charge in [0.25, 0.3) is 0 Å². The number of benzene rings is 1. The highest BCUT2D eigenvalue weighted by Gasteiger charge is 2.09. The Morgan fingerprint density at radius 1 is 1.44 bits per heavy atom. The van der Waals surface area contributed by atoms with E-state index in [9.17, 15) is 9.90 Å². The van der Waals surface area contributed by atoms with Gasteiger partial charge in [-0.3, -0.25) is 4.79 Å². The molecule has 0 aromatic heterocycles. The van der Waals surface area contributed by atoms with Crippen LogP contribution in [0.3, 0.4) is 0 Å². The fraction of sp³-hybridized carbons (Fsp3) is 0.308. The molecule has 0 bridgehead atoms. The van der Waals surface area contributed by atoms with Crippen LogP contribution in [0.25, 0.3) is 0 Å². The van der Waals surface area contributed by atoms with E-state index in [1.165, 1.54) is 25.3 Å². The molecule has 0 saturated heterocycles. The predicted molar refractivity (Wildman–Crippen MR) is 67.8 cm³/mol. The molecule has 0 atom stereocenters. The van der Waals surface area contributed by atoms with Crippen molar-refractivity contribution >= 4 is 5.78 Å². The number of ketones is 1. The molecule has 1 N–H and O–H groups in total. The summed E-state index contributed by atoms with van der Waals surface area (Å²) < 4.78 is 9.89. The number of methoxy groups -OCH3 is 1. The molecule has 18 heavy (non-hydrogen) atoms. The lowest BCUT2D eigenvalue weighted by Crippen LogP contribution is -2.04. The van der Waals surface area contributed by atoms with Crippen LogP contribution in [0.5, 0.6) is 11.5 Å². The number of phenols is 1. The zero-order valence-electron chi connectivity index (χ0n) is 10.7. The minimum atomic E-state index is -0.264. The number of hydrogen-bond donors (Lipinski definition) is 1. The molecule has 1 aromatic carbocycles. The van der Waals surface area contributed by atoms with Crippen LogP contribution in [-0.2, 0) is 4.74 Å². The van der Waals surface area contributed by atoms with Gasteiger partial charge in [-0.05, 0) is 12.1 Å². The summed E-state index contributed by atoms with van der Waals surface area (Å²) in [6, 6.07) is 4.51. The summed E-state index contributed by atoms with van der Waals surface area (Å²) in [6.45, 7) is 0.0905. The quantitative estimate of drug-likeness (QED) is 0.473. The average molecular weight is 251 g/mol. The highest BCUT2D eigenvalue weighted by atomic mass is 16.7. The SMILES string of the molecule is COCOc1ccc(C(=O)C=CN(C)C)c(O)c1. The molecule has 0 aliphatic carbocycles. The Hall–Kier alpha value is -2.01. The van der Waals surface area contributed by atoms with Crippen molar-refractivity contribution in [2.45, 2.75) is 0 Å². The van der Waals surface area contributed by atoms with Gasteiger partial charge in [-0.25, -0.2) is 0 Å². The average Bonchev–Trinajstić information content (AvgIpc) is 2.33. The summed E-state index contributed by atoms with van der Waals surface area (Å²) in [6.07, 6.45) is 3.02. The molecular weight excluding hydrogens is 234 g/mol. The van der Waals surface area contributed by atoms with E-state index < -0.39 is 0 Å². The largest absolute Gasteiger partial charge is 0.507 e. The second kappa shape index (κ2) is 6.66. The molecule has 0 amide bonds. The first-order valence-corrected chi connectivity index (χ1v) is 5.38. The lowest BCUT2D eigenvalue weighted by molar-refractivity contribution is 0.0510. The minimum absolute atomic E-state index is 0.0905. The van der Waals surface area contributed by atoms with E-state index in [1.807, 2.05) is 14.1 Å². The van der Waals surface area contributed by atoms with Crippen molar-refractivity contribution < 1.29 is 19.4 Å². The van der Waals surface area contributed by atoms with Crippen LogP contribution in [0.4, 0.5) is 0 Å². The maximum Gasteiger partial charge on any atom is 0.190 e. The first kappa shape index (κ1) is 14.1. The van der Waals surface area contributed by atoms with Crippen molar-refractivity contribution in [1.82, 2.24) is 4.90 Å². The molecular formula is C13H17NO4. The Balaban J connectivity index is 2.81. The number of nitrogens with zero attached hydrogens (tertiary/aromatic N) is 1. The van der Waals surface area contributed by atoms with Gasteiger partial charge in [-0.15, -0.1) is 0 Å². The van der Waals surface area contributed by atoms with Gasteiger partial charge < -0.3 is 19.5 Å². The lowest BCUT2D eigenvalue weighted by Gasteiger charge is -2.07. The number of aromatic hydroxyl groups is 1. The van der Waals surface area contributed by atoms with Gasteiger partial charge in [-0.1, -0.05) is 0 Å². The van der Waals surface area contributed by atoms with E-state index in [-0.39, 0.29) is 23.9 Å². The Morgan fingerprint density at radius 3 is 2.72 bits per heavy atom. The molecule has 5 heteroatoms.